The normalized spacial score (nSPS) is 14.6. The first kappa shape index (κ1) is 9.68. The number of halogens is 1. The lowest BCUT2D eigenvalue weighted by atomic mass is 10.3. The Hall–Kier alpha value is -0.870. The molecule has 74 valence electrons. The molecular weight excluding hydrogens is 222 g/mol. The second-order valence-electron chi connectivity index (χ2n) is 2.82. The van der Waals surface area contributed by atoms with Crippen molar-refractivity contribution in [2.45, 2.75) is 4.90 Å². The number of methoxy groups -OCH3 is 1. The highest BCUT2D eigenvalue weighted by Crippen LogP contribution is 2.38. The van der Waals surface area contributed by atoms with Crippen molar-refractivity contribution >= 4 is 35.0 Å². The van der Waals surface area contributed by atoms with E-state index in [2.05, 4.69) is 5.32 Å². The molecule has 0 aromatic heterocycles. The highest BCUT2D eigenvalue weighted by atomic mass is 35.5. The first-order chi connectivity index (χ1) is 6.70. The van der Waals surface area contributed by atoms with Crippen molar-refractivity contribution in [3.05, 3.63) is 17.2 Å². The van der Waals surface area contributed by atoms with Gasteiger partial charge in [0.25, 0.3) is 0 Å². The molecule has 0 saturated carbocycles. The summed E-state index contributed by atoms with van der Waals surface area (Å²) < 4.78 is 5.08. The first-order valence-electron chi connectivity index (χ1n) is 4.01. The van der Waals surface area contributed by atoms with E-state index in [-0.39, 0.29) is 5.91 Å². The maximum atomic E-state index is 11.1. The number of nitrogens with one attached hydrogen (secondary N) is 1. The third kappa shape index (κ3) is 1.67. The number of hydrogen-bond donors (Lipinski definition) is 1. The molecule has 1 amide bonds. The zero-order valence-corrected chi connectivity index (χ0v) is 9.04. The number of thioether (sulfide) groups is 1. The number of benzene rings is 1. The zero-order chi connectivity index (χ0) is 10.1. The minimum absolute atomic E-state index is 0.00346. The Morgan fingerprint density at radius 2 is 2.36 bits per heavy atom. The molecule has 0 atom stereocenters. The van der Waals surface area contributed by atoms with Crippen LogP contribution < -0.4 is 10.1 Å². The maximum absolute atomic E-state index is 11.1. The molecule has 1 aromatic rings. The molecule has 0 aliphatic carbocycles. The number of amides is 1. The number of ether oxygens (including phenoxy) is 1. The topological polar surface area (TPSA) is 38.3 Å². The van der Waals surface area contributed by atoms with E-state index in [0.717, 1.165) is 10.6 Å². The van der Waals surface area contributed by atoms with E-state index in [0.29, 0.717) is 16.5 Å². The summed E-state index contributed by atoms with van der Waals surface area (Å²) in [5.74, 6) is 1.08. The summed E-state index contributed by atoms with van der Waals surface area (Å²) >= 11 is 7.41. The van der Waals surface area contributed by atoms with Gasteiger partial charge < -0.3 is 10.1 Å². The van der Waals surface area contributed by atoms with Crippen LogP contribution in [0.4, 0.5) is 5.69 Å². The van der Waals surface area contributed by atoms with Gasteiger partial charge in [-0.15, -0.1) is 11.8 Å². The summed E-state index contributed by atoms with van der Waals surface area (Å²) in [6.45, 7) is 0. The van der Waals surface area contributed by atoms with Gasteiger partial charge in [-0.05, 0) is 12.1 Å². The third-order valence-corrected chi connectivity index (χ3v) is 3.24. The SMILES string of the molecule is COc1cc2c(cc1Cl)NC(=O)CS2. The summed E-state index contributed by atoms with van der Waals surface area (Å²) in [5, 5.41) is 3.26. The highest BCUT2D eigenvalue weighted by molar-refractivity contribution is 8.00. The van der Waals surface area contributed by atoms with E-state index in [4.69, 9.17) is 16.3 Å². The van der Waals surface area contributed by atoms with Gasteiger partial charge in [-0.25, -0.2) is 0 Å². The van der Waals surface area contributed by atoms with Crippen LogP contribution in [0, 0.1) is 0 Å². The van der Waals surface area contributed by atoms with Crippen LogP contribution >= 0.6 is 23.4 Å². The Bertz CT molecular complexity index is 395. The van der Waals surface area contributed by atoms with Crippen molar-refractivity contribution in [2.75, 3.05) is 18.2 Å². The lowest BCUT2D eigenvalue weighted by molar-refractivity contribution is -0.113. The second-order valence-corrected chi connectivity index (χ2v) is 4.24. The summed E-state index contributed by atoms with van der Waals surface area (Å²) in [4.78, 5) is 12.1. The molecule has 1 N–H and O–H groups in total. The van der Waals surface area contributed by atoms with E-state index >= 15 is 0 Å². The number of carbonyl (C=O) groups is 1. The van der Waals surface area contributed by atoms with E-state index < -0.39 is 0 Å². The molecule has 1 aliphatic heterocycles. The molecule has 1 aromatic carbocycles. The number of rotatable bonds is 1. The van der Waals surface area contributed by atoms with Gasteiger partial charge in [0, 0.05) is 4.90 Å². The molecule has 2 rings (SSSR count). The third-order valence-electron chi connectivity index (χ3n) is 1.89. The molecule has 1 heterocycles. The number of fused-ring (bicyclic) bond motifs is 1. The number of anilines is 1. The lowest BCUT2D eigenvalue weighted by Gasteiger charge is -2.17. The Morgan fingerprint density at radius 3 is 3.07 bits per heavy atom. The summed E-state index contributed by atoms with van der Waals surface area (Å²) in [6.07, 6.45) is 0. The van der Waals surface area contributed by atoms with E-state index in [1.807, 2.05) is 6.07 Å². The van der Waals surface area contributed by atoms with E-state index in [9.17, 15) is 4.79 Å². The fourth-order valence-corrected chi connectivity index (χ4v) is 2.29. The molecule has 0 radical (unpaired) electrons. The predicted molar refractivity (Wildman–Crippen MR) is 57.4 cm³/mol. The van der Waals surface area contributed by atoms with Crippen LogP contribution in [0.2, 0.25) is 5.02 Å². The van der Waals surface area contributed by atoms with Crippen LogP contribution in [-0.4, -0.2) is 18.8 Å². The van der Waals surface area contributed by atoms with Gasteiger partial charge in [0.05, 0.1) is 23.6 Å². The Kier molecular flexibility index (Phi) is 2.56. The summed E-state index contributed by atoms with van der Waals surface area (Å²) in [6, 6.07) is 3.54. The molecule has 5 heteroatoms. The highest BCUT2D eigenvalue weighted by Gasteiger charge is 2.17. The van der Waals surface area contributed by atoms with Crippen molar-refractivity contribution in [2.24, 2.45) is 0 Å². The van der Waals surface area contributed by atoms with Crippen LogP contribution in [0.15, 0.2) is 17.0 Å². The zero-order valence-electron chi connectivity index (χ0n) is 7.46. The van der Waals surface area contributed by atoms with Crippen molar-refractivity contribution in [3.8, 4) is 5.75 Å². The minimum Gasteiger partial charge on any atom is -0.495 e. The van der Waals surface area contributed by atoms with Crippen molar-refractivity contribution < 1.29 is 9.53 Å². The van der Waals surface area contributed by atoms with E-state index in [1.165, 1.54) is 11.8 Å². The Balaban J connectivity index is 2.45. The molecule has 14 heavy (non-hydrogen) atoms. The monoisotopic (exact) mass is 229 g/mol. The van der Waals surface area contributed by atoms with Crippen LogP contribution in [0.3, 0.4) is 0 Å². The fourth-order valence-electron chi connectivity index (χ4n) is 1.24. The average Bonchev–Trinajstić information content (AvgIpc) is 2.16. The van der Waals surface area contributed by atoms with Crippen LogP contribution in [-0.2, 0) is 4.79 Å². The predicted octanol–water partition coefficient (Wildman–Crippen LogP) is 2.39. The van der Waals surface area contributed by atoms with Crippen LogP contribution in [0.1, 0.15) is 0 Å². The molecule has 0 unspecified atom stereocenters. The molecule has 0 bridgehead atoms. The van der Waals surface area contributed by atoms with Gasteiger partial charge >= 0.3 is 0 Å². The molecule has 0 saturated heterocycles. The van der Waals surface area contributed by atoms with Gasteiger partial charge in [-0.1, -0.05) is 11.6 Å². The molecular formula is C9H8ClNO2S. The number of carbonyl (C=O) groups excluding carboxylic acids is 1. The molecule has 1 aliphatic rings. The smallest absolute Gasteiger partial charge is 0.234 e. The standard InChI is InChI=1S/C9H8ClNO2S/c1-13-7-3-8-6(2-5(7)10)11-9(12)4-14-8/h2-3H,4H2,1H3,(H,11,12). The minimum atomic E-state index is 0.00346. The molecule has 3 nitrogen and oxygen atoms in total. The summed E-state index contributed by atoms with van der Waals surface area (Å²) in [7, 11) is 1.57. The van der Waals surface area contributed by atoms with Crippen molar-refractivity contribution in [3.63, 3.8) is 0 Å². The fraction of sp³-hybridized carbons (Fsp3) is 0.222. The van der Waals surface area contributed by atoms with Gasteiger partial charge in [0.15, 0.2) is 0 Å². The van der Waals surface area contributed by atoms with E-state index in [1.54, 1.807) is 13.2 Å². The van der Waals surface area contributed by atoms with Gasteiger partial charge in [0.2, 0.25) is 5.91 Å². The van der Waals surface area contributed by atoms with Crippen LogP contribution in [0.25, 0.3) is 0 Å². The Morgan fingerprint density at radius 1 is 1.57 bits per heavy atom. The second kappa shape index (κ2) is 3.71. The summed E-state index contributed by atoms with van der Waals surface area (Å²) in [5.41, 5.74) is 0.761. The van der Waals surface area contributed by atoms with Crippen molar-refractivity contribution in [1.29, 1.82) is 0 Å². The van der Waals surface area contributed by atoms with Crippen molar-refractivity contribution in [1.82, 2.24) is 0 Å². The molecule has 0 spiro atoms. The van der Waals surface area contributed by atoms with Crippen LogP contribution in [0.5, 0.6) is 5.75 Å². The quantitative estimate of drug-likeness (QED) is 0.804. The molecule has 0 fully saturated rings. The van der Waals surface area contributed by atoms with Gasteiger partial charge in [-0.2, -0.15) is 0 Å². The lowest BCUT2D eigenvalue weighted by Crippen LogP contribution is -2.18. The largest absolute Gasteiger partial charge is 0.495 e. The maximum Gasteiger partial charge on any atom is 0.234 e. The Labute approximate surface area is 90.8 Å². The number of hydrogen-bond acceptors (Lipinski definition) is 3. The first-order valence-corrected chi connectivity index (χ1v) is 5.37. The van der Waals surface area contributed by atoms with Gasteiger partial charge in [0.1, 0.15) is 5.75 Å². The van der Waals surface area contributed by atoms with Gasteiger partial charge in [-0.3, -0.25) is 4.79 Å². The average molecular weight is 230 g/mol.